The highest BCUT2D eigenvalue weighted by molar-refractivity contribution is 9.09. The standard InChI is InChI=1S/C5H11BBrO/c1-6-2-4-8-5-3-7/h2-5H2,1H3. The smallest absolute Gasteiger partial charge is 0.108 e. The van der Waals surface area contributed by atoms with E-state index in [4.69, 9.17) is 4.74 Å². The van der Waals surface area contributed by atoms with Crippen molar-refractivity contribution >= 4 is 23.2 Å². The van der Waals surface area contributed by atoms with Gasteiger partial charge in [0, 0.05) is 11.9 Å². The van der Waals surface area contributed by atoms with Crippen LogP contribution in [0.4, 0.5) is 0 Å². The zero-order valence-corrected chi connectivity index (χ0v) is 6.78. The van der Waals surface area contributed by atoms with Crippen molar-refractivity contribution in [2.75, 3.05) is 18.5 Å². The van der Waals surface area contributed by atoms with Gasteiger partial charge in [0.05, 0.1) is 6.61 Å². The van der Waals surface area contributed by atoms with Crippen LogP contribution >= 0.6 is 15.9 Å². The van der Waals surface area contributed by atoms with Crippen molar-refractivity contribution in [3.05, 3.63) is 0 Å². The quantitative estimate of drug-likeness (QED) is 0.352. The molecule has 0 saturated carbocycles. The summed E-state index contributed by atoms with van der Waals surface area (Å²) in [6.07, 6.45) is 1.06. The lowest BCUT2D eigenvalue weighted by atomic mass is 9.79. The van der Waals surface area contributed by atoms with Crippen molar-refractivity contribution in [3.8, 4) is 0 Å². The van der Waals surface area contributed by atoms with Gasteiger partial charge in [0.15, 0.2) is 0 Å². The minimum Gasteiger partial charge on any atom is -0.381 e. The van der Waals surface area contributed by atoms with E-state index in [9.17, 15) is 0 Å². The fourth-order valence-electron chi connectivity index (χ4n) is 0.358. The molecule has 47 valence electrons. The van der Waals surface area contributed by atoms with E-state index in [1.54, 1.807) is 0 Å². The molecule has 0 aliphatic rings. The summed E-state index contributed by atoms with van der Waals surface area (Å²) in [4.78, 5) is 0. The maximum Gasteiger partial charge on any atom is 0.108 e. The van der Waals surface area contributed by atoms with Crippen LogP contribution in [0.2, 0.25) is 13.1 Å². The summed E-state index contributed by atoms with van der Waals surface area (Å²) in [6, 6.07) is 0. The fourth-order valence-corrected chi connectivity index (χ4v) is 0.587. The third-order valence-corrected chi connectivity index (χ3v) is 1.10. The molecule has 0 unspecified atom stereocenters. The highest BCUT2D eigenvalue weighted by atomic mass is 79.9. The highest BCUT2D eigenvalue weighted by Crippen LogP contribution is 1.84. The average Bonchev–Trinajstić information content (AvgIpc) is 1.81. The largest absolute Gasteiger partial charge is 0.381 e. The van der Waals surface area contributed by atoms with Gasteiger partial charge in [-0.2, -0.15) is 0 Å². The molecule has 1 radical (unpaired) electrons. The first kappa shape index (κ1) is 8.50. The van der Waals surface area contributed by atoms with Crippen LogP contribution in [0.3, 0.4) is 0 Å². The molecule has 0 aliphatic heterocycles. The van der Waals surface area contributed by atoms with E-state index in [0.717, 1.165) is 24.9 Å². The van der Waals surface area contributed by atoms with Crippen LogP contribution in [-0.4, -0.2) is 25.8 Å². The summed E-state index contributed by atoms with van der Waals surface area (Å²) in [5.74, 6) is 0. The summed E-state index contributed by atoms with van der Waals surface area (Å²) in [6.45, 7) is 3.73. The lowest BCUT2D eigenvalue weighted by Gasteiger charge is -1.96. The van der Waals surface area contributed by atoms with Crippen molar-refractivity contribution in [3.63, 3.8) is 0 Å². The Hall–Kier alpha value is 0.505. The molecule has 0 aromatic rings. The summed E-state index contributed by atoms with van der Waals surface area (Å²) < 4.78 is 5.15. The SMILES string of the molecule is C[B]CCOCCBr. The maximum atomic E-state index is 5.15. The molecule has 0 aromatic carbocycles. The average molecular weight is 178 g/mol. The van der Waals surface area contributed by atoms with E-state index >= 15 is 0 Å². The second-order valence-corrected chi connectivity index (χ2v) is 2.29. The maximum absolute atomic E-state index is 5.15. The summed E-state index contributed by atoms with van der Waals surface area (Å²) >= 11 is 3.27. The molecule has 0 aromatic heterocycles. The molecule has 8 heavy (non-hydrogen) atoms. The van der Waals surface area contributed by atoms with Gasteiger partial charge in [-0.3, -0.25) is 0 Å². The lowest BCUT2D eigenvalue weighted by Crippen LogP contribution is -1.98. The Morgan fingerprint density at radius 3 is 2.75 bits per heavy atom. The van der Waals surface area contributed by atoms with Gasteiger partial charge in [0.2, 0.25) is 0 Å². The molecular formula is C5H11BBrO. The Morgan fingerprint density at radius 2 is 2.25 bits per heavy atom. The first-order valence-electron chi connectivity index (χ1n) is 2.83. The minimum absolute atomic E-state index is 0.827. The topological polar surface area (TPSA) is 9.23 Å². The van der Waals surface area contributed by atoms with Crippen LogP contribution in [0.5, 0.6) is 0 Å². The van der Waals surface area contributed by atoms with Gasteiger partial charge in [0.25, 0.3) is 0 Å². The molecule has 0 N–H and O–H groups in total. The van der Waals surface area contributed by atoms with Crippen LogP contribution in [0, 0.1) is 0 Å². The van der Waals surface area contributed by atoms with Crippen molar-refractivity contribution in [1.82, 2.24) is 0 Å². The molecule has 1 nitrogen and oxygen atoms in total. The molecule has 0 fully saturated rings. The first-order chi connectivity index (χ1) is 3.91. The van der Waals surface area contributed by atoms with Crippen molar-refractivity contribution in [2.24, 2.45) is 0 Å². The van der Waals surface area contributed by atoms with E-state index < -0.39 is 0 Å². The molecule has 0 heterocycles. The van der Waals surface area contributed by atoms with E-state index in [0.29, 0.717) is 0 Å². The van der Waals surface area contributed by atoms with E-state index in [1.165, 1.54) is 0 Å². The van der Waals surface area contributed by atoms with Gasteiger partial charge in [0.1, 0.15) is 7.28 Å². The summed E-state index contributed by atoms with van der Waals surface area (Å²) in [5.41, 5.74) is 0. The summed E-state index contributed by atoms with van der Waals surface area (Å²) in [7, 11) is 2.11. The van der Waals surface area contributed by atoms with Gasteiger partial charge >= 0.3 is 0 Å². The molecule has 0 amide bonds. The number of hydrogen-bond donors (Lipinski definition) is 0. The van der Waals surface area contributed by atoms with Gasteiger partial charge in [-0.1, -0.05) is 29.1 Å². The monoisotopic (exact) mass is 177 g/mol. The molecule has 0 spiro atoms. The Bertz CT molecular complexity index is 37.4. The Kier molecular flexibility index (Phi) is 7.98. The van der Waals surface area contributed by atoms with Crippen LogP contribution in [-0.2, 0) is 4.74 Å². The fraction of sp³-hybridized carbons (Fsp3) is 1.00. The van der Waals surface area contributed by atoms with Crippen LogP contribution < -0.4 is 0 Å². The Balaban J connectivity index is 2.53. The van der Waals surface area contributed by atoms with Crippen molar-refractivity contribution < 1.29 is 4.74 Å². The summed E-state index contributed by atoms with van der Waals surface area (Å²) in [5, 5.41) is 0.941. The molecule has 0 atom stereocenters. The van der Waals surface area contributed by atoms with Gasteiger partial charge in [-0.25, -0.2) is 0 Å². The van der Waals surface area contributed by atoms with Crippen LogP contribution in [0.1, 0.15) is 0 Å². The third kappa shape index (κ3) is 6.50. The zero-order chi connectivity index (χ0) is 6.24. The predicted molar refractivity (Wildman–Crippen MR) is 41.0 cm³/mol. The second-order valence-electron chi connectivity index (χ2n) is 1.50. The number of alkyl halides is 1. The minimum atomic E-state index is 0.827. The van der Waals surface area contributed by atoms with E-state index in [2.05, 4.69) is 23.2 Å². The van der Waals surface area contributed by atoms with Crippen LogP contribution in [0.15, 0.2) is 0 Å². The van der Waals surface area contributed by atoms with E-state index in [-0.39, 0.29) is 0 Å². The Labute approximate surface area is 60.2 Å². The molecule has 3 heteroatoms. The van der Waals surface area contributed by atoms with Crippen molar-refractivity contribution in [1.29, 1.82) is 0 Å². The van der Waals surface area contributed by atoms with Gasteiger partial charge < -0.3 is 4.74 Å². The van der Waals surface area contributed by atoms with E-state index in [1.807, 2.05) is 6.82 Å². The molecule has 0 aliphatic carbocycles. The predicted octanol–water partition coefficient (Wildman–Crippen LogP) is 1.57. The first-order valence-corrected chi connectivity index (χ1v) is 3.95. The number of halogens is 1. The number of rotatable bonds is 5. The Morgan fingerprint density at radius 1 is 1.50 bits per heavy atom. The number of ether oxygens (including phenoxy) is 1. The molecule has 0 rings (SSSR count). The lowest BCUT2D eigenvalue weighted by molar-refractivity contribution is 0.165. The van der Waals surface area contributed by atoms with Crippen LogP contribution in [0.25, 0.3) is 0 Å². The van der Waals surface area contributed by atoms with Gasteiger partial charge in [-0.15, -0.1) is 0 Å². The highest BCUT2D eigenvalue weighted by Gasteiger charge is 1.83. The second kappa shape index (κ2) is 7.50. The number of hydrogen-bond acceptors (Lipinski definition) is 1. The zero-order valence-electron chi connectivity index (χ0n) is 5.19. The van der Waals surface area contributed by atoms with Gasteiger partial charge in [-0.05, 0) is 0 Å². The molecule has 0 saturated heterocycles. The third-order valence-electron chi connectivity index (χ3n) is 0.772. The normalized spacial score (nSPS) is 9.25. The molecule has 0 bridgehead atoms. The van der Waals surface area contributed by atoms with Crippen molar-refractivity contribution in [2.45, 2.75) is 13.1 Å². The molecular weight excluding hydrogens is 167 g/mol.